The van der Waals surface area contributed by atoms with Crippen molar-refractivity contribution in [1.29, 1.82) is 0 Å². The number of ether oxygens (including phenoxy) is 1. The molecule has 0 fully saturated rings. The van der Waals surface area contributed by atoms with E-state index in [1.807, 2.05) is 32.2 Å². The number of pyridine rings is 1. The van der Waals surface area contributed by atoms with Crippen LogP contribution in [0, 0.1) is 6.92 Å². The van der Waals surface area contributed by atoms with Crippen molar-refractivity contribution in [3.8, 4) is 5.88 Å². The summed E-state index contributed by atoms with van der Waals surface area (Å²) in [6, 6.07) is 3.89. The molecule has 1 aromatic heterocycles. The Morgan fingerprint density at radius 1 is 1.36 bits per heavy atom. The summed E-state index contributed by atoms with van der Waals surface area (Å²) in [5, 5.41) is 0. The van der Waals surface area contributed by atoms with Crippen molar-refractivity contribution < 1.29 is 4.74 Å². The van der Waals surface area contributed by atoms with Crippen molar-refractivity contribution in [3.05, 3.63) is 35.2 Å². The Kier molecular flexibility index (Phi) is 3.69. The van der Waals surface area contributed by atoms with E-state index >= 15 is 0 Å². The molecule has 1 aromatic rings. The second-order valence-electron chi connectivity index (χ2n) is 3.47. The lowest BCUT2D eigenvalue weighted by atomic mass is 10.2. The fraction of sp³-hybridized carbons (Fsp3) is 0.417. The molecule has 0 radical (unpaired) electrons. The maximum Gasteiger partial charge on any atom is 0.218 e. The van der Waals surface area contributed by atoms with Crippen molar-refractivity contribution in [3.63, 3.8) is 0 Å². The first-order valence-electron chi connectivity index (χ1n) is 4.90. The van der Waals surface area contributed by atoms with E-state index in [4.69, 9.17) is 4.74 Å². The number of aromatic nitrogens is 1. The van der Waals surface area contributed by atoms with E-state index in [2.05, 4.69) is 18.8 Å². The molecule has 0 aromatic carbocycles. The molecular formula is C12H17NO. The smallest absolute Gasteiger partial charge is 0.218 e. The minimum atomic E-state index is 0.668. The molecule has 0 unspecified atom stereocenters. The minimum absolute atomic E-state index is 0.668. The number of allylic oxidation sites excluding steroid dienone is 2. The Bertz CT molecular complexity index is 325. The Morgan fingerprint density at radius 3 is 2.57 bits per heavy atom. The highest BCUT2D eigenvalue weighted by molar-refractivity contribution is 5.19. The van der Waals surface area contributed by atoms with E-state index in [0.717, 1.165) is 17.7 Å². The summed E-state index contributed by atoms with van der Waals surface area (Å²) in [5.74, 6) is 1.62. The van der Waals surface area contributed by atoms with Crippen molar-refractivity contribution in [2.45, 2.75) is 34.1 Å². The number of aryl methyl sites for hydroxylation is 1. The Morgan fingerprint density at radius 2 is 2.07 bits per heavy atom. The first-order chi connectivity index (χ1) is 6.63. The van der Waals surface area contributed by atoms with E-state index in [1.54, 1.807) is 0 Å². The quantitative estimate of drug-likeness (QED) is 0.682. The molecule has 2 heteroatoms. The van der Waals surface area contributed by atoms with E-state index < -0.39 is 0 Å². The zero-order valence-corrected chi connectivity index (χ0v) is 9.29. The molecule has 14 heavy (non-hydrogen) atoms. The minimum Gasteiger partial charge on any atom is -0.444 e. The summed E-state index contributed by atoms with van der Waals surface area (Å²) in [6.07, 6.45) is 2.82. The highest BCUT2D eigenvalue weighted by Gasteiger charge is 1.99. The van der Waals surface area contributed by atoms with Gasteiger partial charge in [0.05, 0.1) is 0 Å². The first-order valence-corrected chi connectivity index (χ1v) is 4.90. The molecule has 0 aliphatic carbocycles. The van der Waals surface area contributed by atoms with Gasteiger partial charge in [0.15, 0.2) is 0 Å². The van der Waals surface area contributed by atoms with E-state index in [-0.39, 0.29) is 0 Å². The lowest BCUT2D eigenvalue weighted by Gasteiger charge is -2.07. The molecule has 0 saturated carbocycles. The van der Waals surface area contributed by atoms with Crippen LogP contribution in [0.25, 0.3) is 0 Å². The lowest BCUT2D eigenvalue weighted by molar-refractivity contribution is 0.403. The topological polar surface area (TPSA) is 22.1 Å². The number of hydrogen-bond donors (Lipinski definition) is 0. The predicted octanol–water partition coefficient (Wildman–Crippen LogP) is 3.47. The average molecular weight is 191 g/mol. The standard InChI is InChI=1S/C12H17NO/c1-5-10(3)11(4)14-12-7-6-9(2)8-13-12/h6-8H,5H2,1-4H3/b11-10-. The van der Waals surface area contributed by atoms with Gasteiger partial charge in [-0.05, 0) is 38.3 Å². The SMILES string of the molecule is CC/C(C)=C(/C)Oc1ccc(C)cn1. The van der Waals surface area contributed by atoms with Gasteiger partial charge in [0.25, 0.3) is 0 Å². The third-order valence-corrected chi connectivity index (χ3v) is 2.27. The Hall–Kier alpha value is -1.31. The van der Waals surface area contributed by atoms with Crippen LogP contribution >= 0.6 is 0 Å². The fourth-order valence-electron chi connectivity index (χ4n) is 1.01. The molecule has 0 N–H and O–H groups in total. The van der Waals surface area contributed by atoms with Gasteiger partial charge < -0.3 is 4.74 Å². The molecular weight excluding hydrogens is 174 g/mol. The third-order valence-electron chi connectivity index (χ3n) is 2.27. The van der Waals surface area contributed by atoms with Gasteiger partial charge in [-0.2, -0.15) is 0 Å². The molecule has 0 saturated heterocycles. The second-order valence-corrected chi connectivity index (χ2v) is 3.47. The van der Waals surface area contributed by atoms with Crippen LogP contribution in [-0.4, -0.2) is 4.98 Å². The van der Waals surface area contributed by atoms with Gasteiger partial charge in [0, 0.05) is 12.3 Å². The van der Waals surface area contributed by atoms with Crippen LogP contribution < -0.4 is 4.74 Å². The third kappa shape index (κ3) is 2.87. The van der Waals surface area contributed by atoms with Gasteiger partial charge in [-0.1, -0.05) is 13.0 Å². The van der Waals surface area contributed by atoms with Crippen LogP contribution in [-0.2, 0) is 0 Å². The molecule has 0 bridgehead atoms. The highest BCUT2D eigenvalue weighted by Crippen LogP contribution is 2.14. The largest absolute Gasteiger partial charge is 0.444 e. The summed E-state index contributed by atoms with van der Waals surface area (Å²) >= 11 is 0. The molecule has 1 rings (SSSR count). The van der Waals surface area contributed by atoms with Gasteiger partial charge >= 0.3 is 0 Å². The Balaban J connectivity index is 2.74. The molecule has 76 valence electrons. The number of rotatable bonds is 3. The lowest BCUT2D eigenvalue weighted by Crippen LogP contribution is -1.96. The van der Waals surface area contributed by atoms with Crippen molar-refractivity contribution in [2.24, 2.45) is 0 Å². The van der Waals surface area contributed by atoms with Crippen LogP contribution in [0.15, 0.2) is 29.7 Å². The van der Waals surface area contributed by atoms with Crippen LogP contribution in [0.1, 0.15) is 32.8 Å². The summed E-state index contributed by atoms with van der Waals surface area (Å²) < 4.78 is 5.59. The average Bonchev–Trinajstić information content (AvgIpc) is 2.20. The number of nitrogens with zero attached hydrogens (tertiary/aromatic N) is 1. The molecule has 0 spiro atoms. The van der Waals surface area contributed by atoms with Crippen molar-refractivity contribution in [2.75, 3.05) is 0 Å². The molecule has 1 heterocycles. The molecule has 0 aliphatic rings. The molecule has 0 amide bonds. The molecule has 2 nitrogen and oxygen atoms in total. The normalized spacial score (nSPS) is 12.3. The van der Waals surface area contributed by atoms with Gasteiger partial charge in [-0.15, -0.1) is 0 Å². The van der Waals surface area contributed by atoms with Gasteiger partial charge in [0.1, 0.15) is 5.76 Å². The van der Waals surface area contributed by atoms with Gasteiger partial charge in [0.2, 0.25) is 5.88 Å². The van der Waals surface area contributed by atoms with Crippen LogP contribution in [0.3, 0.4) is 0 Å². The zero-order valence-electron chi connectivity index (χ0n) is 9.29. The highest BCUT2D eigenvalue weighted by atomic mass is 16.5. The van der Waals surface area contributed by atoms with Crippen LogP contribution in [0.5, 0.6) is 5.88 Å². The molecule has 0 aliphatic heterocycles. The summed E-state index contributed by atoms with van der Waals surface area (Å²) in [4.78, 5) is 4.18. The van der Waals surface area contributed by atoms with Crippen LogP contribution in [0.4, 0.5) is 0 Å². The van der Waals surface area contributed by atoms with Crippen molar-refractivity contribution in [1.82, 2.24) is 4.98 Å². The zero-order chi connectivity index (χ0) is 10.6. The second kappa shape index (κ2) is 4.80. The summed E-state index contributed by atoms with van der Waals surface area (Å²) in [6.45, 7) is 8.17. The maximum absolute atomic E-state index is 5.59. The van der Waals surface area contributed by atoms with E-state index in [0.29, 0.717) is 5.88 Å². The maximum atomic E-state index is 5.59. The monoisotopic (exact) mass is 191 g/mol. The first kappa shape index (κ1) is 10.8. The Labute approximate surface area is 85.6 Å². The fourth-order valence-corrected chi connectivity index (χ4v) is 1.01. The van der Waals surface area contributed by atoms with Crippen LogP contribution in [0.2, 0.25) is 0 Å². The summed E-state index contributed by atoms with van der Waals surface area (Å²) in [5.41, 5.74) is 2.40. The van der Waals surface area contributed by atoms with E-state index in [1.165, 1.54) is 5.57 Å². The van der Waals surface area contributed by atoms with Gasteiger partial charge in [-0.3, -0.25) is 0 Å². The number of hydrogen-bond acceptors (Lipinski definition) is 2. The summed E-state index contributed by atoms with van der Waals surface area (Å²) in [7, 11) is 0. The molecule has 0 atom stereocenters. The van der Waals surface area contributed by atoms with E-state index in [9.17, 15) is 0 Å². The predicted molar refractivity (Wildman–Crippen MR) is 58.3 cm³/mol. The van der Waals surface area contributed by atoms with Crippen molar-refractivity contribution >= 4 is 0 Å². The van der Waals surface area contributed by atoms with Gasteiger partial charge in [-0.25, -0.2) is 4.98 Å².